The van der Waals surface area contributed by atoms with Crippen LogP contribution in [0.5, 0.6) is 0 Å². The van der Waals surface area contributed by atoms with E-state index in [1.165, 1.54) is 0 Å². The van der Waals surface area contributed by atoms with Gasteiger partial charge in [-0.25, -0.2) is 0 Å². The molecule has 94 valence electrons. The molecule has 1 aliphatic heterocycles. The average molecular weight is 238 g/mol. The number of piperidine rings is 1. The van der Waals surface area contributed by atoms with Gasteiger partial charge in [0.15, 0.2) is 5.82 Å². The van der Waals surface area contributed by atoms with Gasteiger partial charge in [0.2, 0.25) is 0 Å². The minimum Gasteiger partial charge on any atom is -0.368 e. The van der Waals surface area contributed by atoms with Crippen LogP contribution in [0.3, 0.4) is 0 Å². The number of ether oxygens (including phenoxy) is 1. The second-order valence-electron chi connectivity index (χ2n) is 4.28. The predicted octanol–water partition coefficient (Wildman–Crippen LogP) is 0.127. The van der Waals surface area contributed by atoms with Crippen molar-refractivity contribution in [3.8, 4) is 0 Å². The highest BCUT2D eigenvalue weighted by atomic mass is 16.5. The molecule has 0 spiro atoms. The first-order valence-corrected chi connectivity index (χ1v) is 5.73. The Labute approximate surface area is 100 Å². The van der Waals surface area contributed by atoms with E-state index in [9.17, 15) is 4.79 Å². The molecule has 0 aliphatic carbocycles. The summed E-state index contributed by atoms with van der Waals surface area (Å²) in [5.41, 5.74) is -0.719. The van der Waals surface area contributed by atoms with Crippen LogP contribution in [0.4, 0.5) is 5.82 Å². The molecule has 1 aliphatic rings. The second-order valence-corrected chi connectivity index (χ2v) is 4.28. The predicted molar refractivity (Wildman–Crippen MR) is 63.7 cm³/mol. The van der Waals surface area contributed by atoms with E-state index < -0.39 is 5.60 Å². The Morgan fingerprint density at radius 3 is 2.82 bits per heavy atom. The smallest absolute Gasteiger partial charge is 0.257 e. The fourth-order valence-electron chi connectivity index (χ4n) is 2.07. The molecule has 2 N–H and O–H groups in total. The third kappa shape index (κ3) is 2.48. The molecule has 1 aromatic heterocycles. The van der Waals surface area contributed by atoms with Crippen LogP contribution in [0.15, 0.2) is 12.3 Å². The molecule has 0 bridgehead atoms. The Bertz CT molecular complexity index is 396. The Hall–Kier alpha value is -1.40. The van der Waals surface area contributed by atoms with E-state index in [2.05, 4.69) is 15.7 Å². The van der Waals surface area contributed by atoms with Crippen LogP contribution < -0.4 is 10.6 Å². The number of hydrogen-bond donors (Lipinski definition) is 2. The van der Waals surface area contributed by atoms with Gasteiger partial charge in [0.05, 0.1) is 0 Å². The highest BCUT2D eigenvalue weighted by Crippen LogP contribution is 2.24. The van der Waals surface area contributed by atoms with Gasteiger partial charge in [-0.3, -0.25) is 9.48 Å². The number of rotatable bonds is 3. The number of methoxy groups -OCH3 is 1. The van der Waals surface area contributed by atoms with Crippen LogP contribution in [0, 0.1) is 0 Å². The summed E-state index contributed by atoms with van der Waals surface area (Å²) in [4.78, 5) is 12.2. The molecule has 1 saturated heterocycles. The van der Waals surface area contributed by atoms with Crippen molar-refractivity contribution < 1.29 is 9.53 Å². The van der Waals surface area contributed by atoms with Crippen molar-refractivity contribution in [3.05, 3.63) is 12.3 Å². The molecule has 0 saturated carbocycles. The van der Waals surface area contributed by atoms with Crippen LogP contribution in [-0.4, -0.2) is 41.5 Å². The first kappa shape index (κ1) is 12.1. The fraction of sp³-hybridized carbons (Fsp3) is 0.636. The van der Waals surface area contributed by atoms with E-state index in [0.29, 0.717) is 18.7 Å². The van der Waals surface area contributed by atoms with Gasteiger partial charge in [0.1, 0.15) is 5.60 Å². The summed E-state index contributed by atoms with van der Waals surface area (Å²) in [6.07, 6.45) is 3.15. The highest BCUT2D eigenvalue weighted by Gasteiger charge is 2.39. The number of carbonyl (C=O) groups is 1. The Balaban J connectivity index is 2.07. The lowest BCUT2D eigenvalue weighted by atomic mass is 9.91. The van der Waals surface area contributed by atoms with E-state index in [0.717, 1.165) is 13.1 Å². The Morgan fingerprint density at radius 1 is 1.59 bits per heavy atom. The minimum absolute atomic E-state index is 0.111. The van der Waals surface area contributed by atoms with Crippen LogP contribution in [0.2, 0.25) is 0 Å². The molecular formula is C11H18N4O2. The summed E-state index contributed by atoms with van der Waals surface area (Å²) in [6.45, 7) is 1.59. The third-order valence-electron chi connectivity index (χ3n) is 3.17. The zero-order valence-corrected chi connectivity index (χ0v) is 10.2. The molecular weight excluding hydrogens is 220 g/mol. The Morgan fingerprint density at radius 2 is 2.29 bits per heavy atom. The molecule has 6 heteroatoms. The number of nitrogens with one attached hydrogen (secondary N) is 2. The molecule has 0 unspecified atom stereocenters. The molecule has 1 fully saturated rings. The van der Waals surface area contributed by atoms with Crippen molar-refractivity contribution in [1.82, 2.24) is 15.1 Å². The molecule has 0 radical (unpaired) electrons. The Kier molecular flexibility index (Phi) is 3.44. The van der Waals surface area contributed by atoms with Crippen LogP contribution in [-0.2, 0) is 16.6 Å². The van der Waals surface area contributed by atoms with Crippen molar-refractivity contribution in [1.29, 1.82) is 0 Å². The van der Waals surface area contributed by atoms with Gasteiger partial charge < -0.3 is 15.4 Å². The number of amides is 1. The van der Waals surface area contributed by atoms with Crippen LogP contribution in [0.25, 0.3) is 0 Å². The first-order chi connectivity index (χ1) is 8.16. The lowest BCUT2D eigenvalue weighted by molar-refractivity contribution is -0.140. The number of carbonyl (C=O) groups excluding carboxylic acids is 1. The van der Waals surface area contributed by atoms with Crippen molar-refractivity contribution in [2.45, 2.75) is 18.4 Å². The lowest BCUT2D eigenvalue weighted by Crippen LogP contribution is -2.51. The summed E-state index contributed by atoms with van der Waals surface area (Å²) in [6, 6.07) is 1.77. The highest BCUT2D eigenvalue weighted by molar-refractivity contribution is 5.96. The number of aryl methyl sites for hydroxylation is 1. The third-order valence-corrected chi connectivity index (χ3v) is 3.17. The van der Waals surface area contributed by atoms with E-state index in [-0.39, 0.29) is 5.91 Å². The maximum absolute atomic E-state index is 12.2. The quantitative estimate of drug-likeness (QED) is 0.785. The summed E-state index contributed by atoms with van der Waals surface area (Å²) >= 11 is 0. The summed E-state index contributed by atoms with van der Waals surface area (Å²) < 4.78 is 7.08. The molecule has 17 heavy (non-hydrogen) atoms. The minimum atomic E-state index is -0.719. The fourth-order valence-corrected chi connectivity index (χ4v) is 2.07. The number of nitrogens with zero attached hydrogens (tertiary/aromatic N) is 2. The molecule has 6 nitrogen and oxygen atoms in total. The second kappa shape index (κ2) is 4.85. The van der Waals surface area contributed by atoms with Crippen molar-refractivity contribution in [2.75, 3.05) is 25.5 Å². The maximum atomic E-state index is 12.2. The molecule has 2 heterocycles. The van der Waals surface area contributed by atoms with Gasteiger partial charge in [-0.15, -0.1) is 0 Å². The lowest BCUT2D eigenvalue weighted by Gasteiger charge is -2.34. The van der Waals surface area contributed by atoms with Crippen LogP contribution >= 0.6 is 0 Å². The van der Waals surface area contributed by atoms with Gasteiger partial charge in [-0.1, -0.05) is 0 Å². The van der Waals surface area contributed by atoms with E-state index in [1.807, 2.05) is 7.05 Å². The van der Waals surface area contributed by atoms with Gasteiger partial charge in [-0.2, -0.15) is 5.10 Å². The zero-order chi connectivity index (χ0) is 12.3. The van der Waals surface area contributed by atoms with E-state index in [1.54, 1.807) is 24.1 Å². The normalized spacial score (nSPS) is 18.9. The largest absolute Gasteiger partial charge is 0.368 e. The topological polar surface area (TPSA) is 68.2 Å². The molecule has 0 atom stereocenters. The van der Waals surface area contributed by atoms with E-state index >= 15 is 0 Å². The number of anilines is 1. The van der Waals surface area contributed by atoms with Crippen molar-refractivity contribution in [2.24, 2.45) is 7.05 Å². The zero-order valence-electron chi connectivity index (χ0n) is 10.2. The van der Waals surface area contributed by atoms with Crippen molar-refractivity contribution >= 4 is 11.7 Å². The summed E-state index contributed by atoms with van der Waals surface area (Å²) in [5, 5.41) is 10.1. The summed E-state index contributed by atoms with van der Waals surface area (Å²) in [7, 11) is 3.40. The standard InChI is InChI=1S/C11H18N4O2/c1-15-8-3-9(14-15)13-10(16)11(17-2)4-6-12-7-5-11/h3,8,12H,4-7H2,1-2H3,(H,13,14,16). The molecule has 1 amide bonds. The van der Waals surface area contributed by atoms with E-state index in [4.69, 9.17) is 4.74 Å². The van der Waals surface area contributed by atoms with Gasteiger partial charge in [0, 0.05) is 26.4 Å². The molecule has 0 aromatic carbocycles. The SMILES string of the molecule is COC1(C(=O)Nc2ccn(C)n2)CCNCC1. The van der Waals surface area contributed by atoms with Gasteiger partial charge >= 0.3 is 0 Å². The van der Waals surface area contributed by atoms with Gasteiger partial charge in [0.25, 0.3) is 5.91 Å². The monoisotopic (exact) mass is 238 g/mol. The van der Waals surface area contributed by atoms with Gasteiger partial charge in [-0.05, 0) is 25.9 Å². The molecule has 2 rings (SSSR count). The van der Waals surface area contributed by atoms with Crippen molar-refractivity contribution in [3.63, 3.8) is 0 Å². The first-order valence-electron chi connectivity index (χ1n) is 5.73. The average Bonchev–Trinajstić information content (AvgIpc) is 2.75. The number of aromatic nitrogens is 2. The molecule has 1 aromatic rings. The maximum Gasteiger partial charge on any atom is 0.257 e. The summed E-state index contributed by atoms with van der Waals surface area (Å²) in [5.74, 6) is 0.452. The van der Waals surface area contributed by atoms with Crippen LogP contribution in [0.1, 0.15) is 12.8 Å². The number of hydrogen-bond acceptors (Lipinski definition) is 4.